The van der Waals surface area contributed by atoms with E-state index in [4.69, 9.17) is 11.5 Å². The molecule has 0 spiro atoms. The van der Waals surface area contributed by atoms with E-state index in [0.29, 0.717) is 22.8 Å². The molecule has 100 valence electrons. The van der Waals surface area contributed by atoms with E-state index in [9.17, 15) is 4.79 Å². The van der Waals surface area contributed by atoms with Crippen molar-refractivity contribution in [2.24, 2.45) is 0 Å². The Hall–Kier alpha value is -2.50. The van der Waals surface area contributed by atoms with Crippen LogP contribution >= 0.6 is 0 Å². The molecule has 0 aliphatic rings. The Bertz CT molecular complexity index is 583. The summed E-state index contributed by atoms with van der Waals surface area (Å²) in [5, 5.41) is 6.94. The molecule has 0 radical (unpaired) electrons. The number of nitrogens with zero attached hydrogens (tertiary/aromatic N) is 2. The number of amides is 1. The summed E-state index contributed by atoms with van der Waals surface area (Å²) in [6, 6.07) is 6.68. The van der Waals surface area contributed by atoms with Crippen molar-refractivity contribution < 1.29 is 4.79 Å². The van der Waals surface area contributed by atoms with Crippen LogP contribution in [0.4, 0.5) is 17.2 Å². The number of nitrogens with one attached hydrogen (secondary N) is 1. The highest BCUT2D eigenvalue weighted by molar-refractivity contribution is 6.05. The zero-order chi connectivity index (χ0) is 14.0. The molecule has 0 bridgehead atoms. The molecular formula is C13H17N5O. The molecule has 6 heteroatoms. The quantitative estimate of drug-likeness (QED) is 0.733. The van der Waals surface area contributed by atoms with E-state index in [1.54, 1.807) is 35.1 Å². The second-order valence-electron chi connectivity index (χ2n) is 4.60. The maximum Gasteiger partial charge on any atom is 0.256 e. The van der Waals surface area contributed by atoms with Gasteiger partial charge >= 0.3 is 0 Å². The van der Waals surface area contributed by atoms with Crippen LogP contribution in [-0.4, -0.2) is 15.7 Å². The Kier molecular flexibility index (Phi) is 3.41. The summed E-state index contributed by atoms with van der Waals surface area (Å²) in [6.07, 6.45) is 1.64. The van der Waals surface area contributed by atoms with E-state index < -0.39 is 0 Å². The van der Waals surface area contributed by atoms with Crippen molar-refractivity contribution in [2.75, 3.05) is 16.8 Å². The molecule has 0 aliphatic carbocycles. The Balaban J connectivity index is 2.23. The molecule has 1 amide bonds. The highest BCUT2D eigenvalue weighted by Crippen LogP contribution is 2.17. The van der Waals surface area contributed by atoms with Crippen LogP contribution in [0.2, 0.25) is 0 Å². The number of anilines is 3. The second kappa shape index (κ2) is 5.01. The minimum atomic E-state index is -0.263. The monoisotopic (exact) mass is 259 g/mol. The van der Waals surface area contributed by atoms with Gasteiger partial charge in [0, 0.05) is 29.0 Å². The van der Waals surface area contributed by atoms with Crippen molar-refractivity contribution in [1.29, 1.82) is 0 Å². The predicted molar refractivity (Wildman–Crippen MR) is 75.8 cm³/mol. The molecule has 5 N–H and O–H groups in total. The topological polar surface area (TPSA) is 99.0 Å². The largest absolute Gasteiger partial charge is 0.399 e. The lowest BCUT2D eigenvalue weighted by atomic mass is 10.1. The first kappa shape index (κ1) is 12.9. The fourth-order valence-corrected chi connectivity index (χ4v) is 1.82. The highest BCUT2D eigenvalue weighted by Gasteiger charge is 2.12. The first-order valence-electron chi connectivity index (χ1n) is 5.98. The number of carbonyl (C=O) groups excluding carboxylic acids is 1. The SMILES string of the molecule is CC(C)n1nccc1NC(=O)c1cc(N)cc(N)c1. The molecule has 1 aromatic heterocycles. The van der Waals surface area contributed by atoms with Gasteiger partial charge in [-0.25, -0.2) is 4.68 Å². The molecule has 0 unspecified atom stereocenters. The molecule has 2 rings (SSSR count). The highest BCUT2D eigenvalue weighted by atomic mass is 16.1. The Labute approximate surface area is 111 Å². The third-order valence-corrected chi connectivity index (χ3v) is 2.64. The van der Waals surface area contributed by atoms with Crippen molar-refractivity contribution in [2.45, 2.75) is 19.9 Å². The lowest BCUT2D eigenvalue weighted by Crippen LogP contribution is -2.17. The first-order chi connectivity index (χ1) is 8.97. The van der Waals surface area contributed by atoms with E-state index in [1.165, 1.54) is 0 Å². The lowest BCUT2D eigenvalue weighted by molar-refractivity contribution is 0.102. The van der Waals surface area contributed by atoms with E-state index in [-0.39, 0.29) is 11.9 Å². The van der Waals surface area contributed by atoms with Gasteiger partial charge in [0.15, 0.2) is 0 Å². The standard InChI is InChI=1S/C13H17N5O/c1-8(2)18-12(3-4-16-18)17-13(19)9-5-10(14)7-11(15)6-9/h3-8H,14-15H2,1-2H3,(H,17,19). The van der Waals surface area contributed by atoms with Gasteiger partial charge in [-0.2, -0.15) is 5.10 Å². The molecule has 6 nitrogen and oxygen atoms in total. The van der Waals surface area contributed by atoms with Gasteiger partial charge < -0.3 is 16.8 Å². The number of carbonyl (C=O) groups is 1. The number of hydrogen-bond acceptors (Lipinski definition) is 4. The zero-order valence-corrected chi connectivity index (χ0v) is 10.9. The zero-order valence-electron chi connectivity index (χ0n) is 10.9. The third kappa shape index (κ3) is 2.85. The summed E-state index contributed by atoms with van der Waals surface area (Å²) in [7, 11) is 0. The van der Waals surface area contributed by atoms with Crippen molar-refractivity contribution in [1.82, 2.24) is 9.78 Å². The summed E-state index contributed by atoms with van der Waals surface area (Å²) in [4.78, 5) is 12.1. The number of hydrogen-bond donors (Lipinski definition) is 3. The molecular weight excluding hydrogens is 242 g/mol. The summed E-state index contributed by atoms with van der Waals surface area (Å²) in [6.45, 7) is 3.97. The minimum Gasteiger partial charge on any atom is -0.399 e. The van der Waals surface area contributed by atoms with Gasteiger partial charge in [-0.05, 0) is 32.0 Å². The predicted octanol–water partition coefficient (Wildman–Crippen LogP) is 1.88. The molecule has 0 saturated carbocycles. The molecule has 19 heavy (non-hydrogen) atoms. The van der Waals surface area contributed by atoms with E-state index in [1.807, 2.05) is 13.8 Å². The lowest BCUT2D eigenvalue weighted by Gasteiger charge is -2.12. The van der Waals surface area contributed by atoms with Crippen LogP contribution in [-0.2, 0) is 0 Å². The smallest absolute Gasteiger partial charge is 0.256 e. The van der Waals surface area contributed by atoms with Crippen molar-refractivity contribution >= 4 is 23.1 Å². The molecule has 0 aliphatic heterocycles. The fourth-order valence-electron chi connectivity index (χ4n) is 1.82. The summed E-state index contributed by atoms with van der Waals surface area (Å²) in [5.74, 6) is 0.377. The molecule has 0 fully saturated rings. The number of aromatic nitrogens is 2. The van der Waals surface area contributed by atoms with Gasteiger partial charge in [0.25, 0.3) is 5.91 Å². The van der Waals surface area contributed by atoms with E-state index >= 15 is 0 Å². The maximum atomic E-state index is 12.1. The van der Waals surface area contributed by atoms with E-state index in [2.05, 4.69) is 10.4 Å². The van der Waals surface area contributed by atoms with Gasteiger partial charge in [0.1, 0.15) is 5.82 Å². The molecule has 0 atom stereocenters. The van der Waals surface area contributed by atoms with Crippen LogP contribution in [0.3, 0.4) is 0 Å². The molecule has 2 aromatic rings. The number of nitrogen functional groups attached to an aromatic ring is 2. The normalized spacial score (nSPS) is 10.7. The first-order valence-corrected chi connectivity index (χ1v) is 5.98. The molecule has 0 saturated heterocycles. The number of nitrogens with two attached hydrogens (primary N) is 2. The fraction of sp³-hybridized carbons (Fsp3) is 0.231. The van der Waals surface area contributed by atoms with Crippen molar-refractivity contribution in [3.8, 4) is 0 Å². The second-order valence-corrected chi connectivity index (χ2v) is 4.60. The average molecular weight is 259 g/mol. The Morgan fingerprint density at radius 1 is 1.26 bits per heavy atom. The van der Waals surface area contributed by atoms with Crippen LogP contribution in [0, 0.1) is 0 Å². The van der Waals surface area contributed by atoms with E-state index in [0.717, 1.165) is 0 Å². The van der Waals surface area contributed by atoms with Gasteiger partial charge in [0.05, 0.1) is 6.20 Å². The van der Waals surface area contributed by atoms with Gasteiger partial charge in [0.2, 0.25) is 0 Å². The van der Waals surface area contributed by atoms with Crippen LogP contribution in [0.5, 0.6) is 0 Å². The summed E-state index contributed by atoms with van der Waals surface area (Å²) < 4.78 is 1.73. The minimum absolute atomic E-state index is 0.163. The maximum absolute atomic E-state index is 12.1. The van der Waals surface area contributed by atoms with Crippen LogP contribution in [0.15, 0.2) is 30.5 Å². The van der Waals surface area contributed by atoms with Crippen LogP contribution < -0.4 is 16.8 Å². The average Bonchev–Trinajstić information content (AvgIpc) is 2.75. The number of rotatable bonds is 3. The Morgan fingerprint density at radius 2 is 1.89 bits per heavy atom. The molecule has 1 aromatic carbocycles. The van der Waals surface area contributed by atoms with Crippen molar-refractivity contribution in [3.63, 3.8) is 0 Å². The Morgan fingerprint density at radius 3 is 2.47 bits per heavy atom. The van der Waals surface area contributed by atoms with Gasteiger partial charge in [-0.3, -0.25) is 4.79 Å². The summed E-state index contributed by atoms with van der Waals surface area (Å²) >= 11 is 0. The number of benzene rings is 1. The third-order valence-electron chi connectivity index (χ3n) is 2.64. The van der Waals surface area contributed by atoms with Gasteiger partial charge in [-0.1, -0.05) is 0 Å². The van der Waals surface area contributed by atoms with Crippen LogP contribution in [0.1, 0.15) is 30.2 Å². The van der Waals surface area contributed by atoms with Crippen LogP contribution in [0.25, 0.3) is 0 Å². The van der Waals surface area contributed by atoms with Gasteiger partial charge in [-0.15, -0.1) is 0 Å². The van der Waals surface area contributed by atoms with Crippen molar-refractivity contribution in [3.05, 3.63) is 36.0 Å². The molecule has 1 heterocycles. The summed E-state index contributed by atoms with van der Waals surface area (Å²) in [5.41, 5.74) is 12.7.